The van der Waals surface area contributed by atoms with Gasteiger partial charge in [-0.3, -0.25) is 0 Å². The molecular formula is C15H22BrN3O2. The van der Waals surface area contributed by atoms with Gasteiger partial charge in [0.1, 0.15) is 11.4 Å². The molecule has 0 saturated carbocycles. The van der Waals surface area contributed by atoms with Gasteiger partial charge < -0.3 is 14.5 Å². The van der Waals surface area contributed by atoms with Crippen molar-refractivity contribution in [2.24, 2.45) is 0 Å². The van der Waals surface area contributed by atoms with E-state index < -0.39 is 5.60 Å². The molecule has 1 fully saturated rings. The number of anilines is 1. The van der Waals surface area contributed by atoms with Crippen molar-refractivity contribution in [1.29, 1.82) is 0 Å². The molecule has 2 rings (SSSR count). The summed E-state index contributed by atoms with van der Waals surface area (Å²) in [6.45, 7) is 9.79. The summed E-state index contributed by atoms with van der Waals surface area (Å²) in [5.74, 6) is 0.931. The fraction of sp³-hybridized carbons (Fsp3) is 0.600. The second-order valence-corrected chi connectivity index (χ2v) is 7.22. The van der Waals surface area contributed by atoms with E-state index in [1.807, 2.05) is 32.9 Å². The van der Waals surface area contributed by atoms with Gasteiger partial charge in [-0.05, 0) is 39.8 Å². The van der Waals surface area contributed by atoms with Gasteiger partial charge in [-0.2, -0.15) is 0 Å². The number of pyridine rings is 1. The number of carbonyl (C=O) groups excluding carboxylic acids is 1. The first kappa shape index (κ1) is 16.1. The van der Waals surface area contributed by atoms with E-state index in [0.717, 1.165) is 16.8 Å². The summed E-state index contributed by atoms with van der Waals surface area (Å²) in [5, 5.41) is 0. The van der Waals surface area contributed by atoms with E-state index in [4.69, 9.17) is 4.74 Å². The van der Waals surface area contributed by atoms with Gasteiger partial charge in [0.05, 0.1) is 0 Å². The maximum Gasteiger partial charge on any atom is 0.410 e. The van der Waals surface area contributed by atoms with Gasteiger partial charge >= 0.3 is 6.09 Å². The molecule has 6 heteroatoms. The van der Waals surface area contributed by atoms with E-state index in [9.17, 15) is 4.79 Å². The topological polar surface area (TPSA) is 45.7 Å². The van der Waals surface area contributed by atoms with E-state index in [-0.39, 0.29) is 12.1 Å². The Kier molecular flexibility index (Phi) is 4.76. The summed E-state index contributed by atoms with van der Waals surface area (Å²) in [6, 6.07) is 4.11. The Labute approximate surface area is 134 Å². The number of rotatable bonds is 1. The van der Waals surface area contributed by atoms with Gasteiger partial charge in [0.2, 0.25) is 0 Å². The van der Waals surface area contributed by atoms with Crippen LogP contribution in [0.1, 0.15) is 27.7 Å². The molecule has 5 nitrogen and oxygen atoms in total. The van der Waals surface area contributed by atoms with Gasteiger partial charge in [-0.1, -0.05) is 15.9 Å². The molecule has 1 aliphatic heterocycles. The first-order valence-electron chi connectivity index (χ1n) is 7.12. The van der Waals surface area contributed by atoms with Crippen molar-refractivity contribution >= 4 is 27.8 Å². The van der Waals surface area contributed by atoms with Crippen LogP contribution in [0.2, 0.25) is 0 Å². The van der Waals surface area contributed by atoms with Gasteiger partial charge in [0.25, 0.3) is 0 Å². The van der Waals surface area contributed by atoms with E-state index in [0.29, 0.717) is 13.1 Å². The Morgan fingerprint density at radius 1 is 1.43 bits per heavy atom. The minimum absolute atomic E-state index is 0.202. The number of carbonyl (C=O) groups is 1. The van der Waals surface area contributed by atoms with Crippen LogP contribution >= 0.6 is 15.9 Å². The minimum atomic E-state index is -0.455. The molecule has 1 amide bonds. The van der Waals surface area contributed by atoms with Crippen LogP contribution < -0.4 is 4.90 Å². The number of nitrogens with zero attached hydrogens (tertiary/aromatic N) is 3. The van der Waals surface area contributed by atoms with Crippen LogP contribution in [0, 0.1) is 0 Å². The number of hydrogen-bond donors (Lipinski definition) is 0. The molecule has 1 aromatic heterocycles. The van der Waals surface area contributed by atoms with Crippen LogP contribution in [0.3, 0.4) is 0 Å². The molecule has 1 aromatic rings. The molecule has 0 aromatic carbocycles. The highest BCUT2D eigenvalue weighted by atomic mass is 79.9. The third-order valence-corrected chi connectivity index (χ3v) is 3.77. The van der Waals surface area contributed by atoms with E-state index in [1.54, 1.807) is 11.1 Å². The molecule has 1 aliphatic rings. The van der Waals surface area contributed by atoms with Gasteiger partial charge in [0.15, 0.2) is 0 Å². The van der Waals surface area contributed by atoms with Crippen molar-refractivity contribution in [1.82, 2.24) is 9.88 Å². The molecule has 116 valence electrons. The molecule has 21 heavy (non-hydrogen) atoms. The molecule has 2 heterocycles. The highest BCUT2D eigenvalue weighted by molar-refractivity contribution is 9.10. The van der Waals surface area contributed by atoms with Crippen LogP contribution in [0.15, 0.2) is 22.8 Å². The first-order chi connectivity index (χ1) is 9.76. The lowest BCUT2D eigenvalue weighted by molar-refractivity contribution is 0.0218. The second-order valence-electron chi connectivity index (χ2n) is 6.30. The van der Waals surface area contributed by atoms with E-state index >= 15 is 0 Å². The van der Waals surface area contributed by atoms with Crippen molar-refractivity contribution in [2.45, 2.75) is 39.3 Å². The van der Waals surface area contributed by atoms with Crippen LogP contribution in [0.25, 0.3) is 0 Å². The summed E-state index contributed by atoms with van der Waals surface area (Å²) >= 11 is 3.47. The quantitative estimate of drug-likeness (QED) is 0.775. The predicted molar refractivity (Wildman–Crippen MR) is 86.6 cm³/mol. The minimum Gasteiger partial charge on any atom is -0.444 e. The van der Waals surface area contributed by atoms with Crippen molar-refractivity contribution in [3.05, 3.63) is 22.8 Å². The van der Waals surface area contributed by atoms with Gasteiger partial charge in [-0.25, -0.2) is 9.78 Å². The summed E-state index contributed by atoms with van der Waals surface area (Å²) in [4.78, 5) is 20.5. The number of aromatic nitrogens is 1. The van der Waals surface area contributed by atoms with Crippen LogP contribution in [0.4, 0.5) is 10.6 Å². The molecule has 1 saturated heterocycles. The highest BCUT2D eigenvalue weighted by Gasteiger charge is 2.30. The Balaban J connectivity index is 2.01. The smallest absolute Gasteiger partial charge is 0.410 e. The molecule has 0 spiro atoms. The van der Waals surface area contributed by atoms with E-state index in [1.165, 1.54) is 0 Å². The van der Waals surface area contributed by atoms with Gasteiger partial charge in [0, 0.05) is 36.3 Å². The molecular weight excluding hydrogens is 334 g/mol. The second kappa shape index (κ2) is 6.22. The summed E-state index contributed by atoms with van der Waals surface area (Å²) < 4.78 is 6.44. The zero-order valence-electron chi connectivity index (χ0n) is 13.0. The molecule has 1 atom stereocenters. The fourth-order valence-corrected chi connectivity index (χ4v) is 2.66. The molecule has 0 bridgehead atoms. The molecule has 0 radical (unpaired) electrons. The zero-order valence-corrected chi connectivity index (χ0v) is 14.6. The maximum atomic E-state index is 12.1. The number of halogens is 1. The Hall–Kier alpha value is -1.30. The lowest BCUT2D eigenvalue weighted by Gasteiger charge is -2.40. The maximum absolute atomic E-state index is 12.1. The fourth-order valence-electron chi connectivity index (χ4n) is 2.34. The lowest BCUT2D eigenvalue weighted by Crippen LogP contribution is -2.54. The monoisotopic (exact) mass is 355 g/mol. The molecule has 0 aliphatic carbocycles. The van der Waals surface area contributed by atoms with Crippen molar-refractivity contribution in [3.8, 4) is 0 Å². The standard InChI is InChI=1S/C15H22BrN3O2/c1-11-10-18(14(20)21-15(2,3)4)7-8-19(11)13-9-12(16)5-6-17-13/h5-6,9,11H,7-8,10H2,1-4H3. The number of piperazine rings is 1. The van der Waals surface area contributed by atoms with Crippen LogP contribution in [0.5, 0.6) is 0 Å². The number of hydrogen-bond acceptors (Lipinski definition) is 4. The highest BCUT2D eigenvalue weighted by Crippen LogP contribution is 2.22. The largest absolute Gasteiger partial charge is 0.444 e. The predicted octanol–water partition coefficient (Wildman–Crippen LogP) is 3.29. The average molecular weight is 356 g/mol. The molecule has 1 unspecified atom stereocenters. The van der Waals surface area contributed by atoms with Crippen molar-refractivity contribution in [3.63, 3.8) is 0 Å². The van der Waals surface area contributed by atoms with Gasteiger partial charge in [-0.15, -0.1) is 0 Å². The normalized spacial score (nSPS) is 19.6. The Morgan fingerprint density at radius 2 is 2.14 bits per heavy atom. The number of amides is 1. The number of ether oxygens (including phenoxy) is 1. The average Bonchev–Trinajstić information content (AvgIpc) is 2.36. The Morgan fingerprint density at radius 3 is 2.71 bits per heavy atom. The summed E-state index contributed by atoms with van der Waals surface area (Å²) in [5.41, 5.74) is -0.455. The molecule has 0 N–H and O–H groups in total. The first-order valence-corrected chi connectivity index (χ1v) is 7.92. The van der Waals surface area contributed by atoms with Crippen molar-refractivity contribution < 1.29 is 9.53 Å². The summed E-state index contributed by atoms with van der Waals surface area (Å²) in [6.07, 6.45) is 1.54. The van der Waals surface area contributed by atoms with Crippen LogP contribution in [-0.2, 0) is 4.74 Å². The SMILES string of the molecule is CC1CN(C(=O)OC(C)(C)C)CCN1c1cc(Br)ccn1. The summed E-state index contributed by atoms with van der Waals surface area (Å²) in [7, 11) is 0. The van der Waals surface area contributed by atoms with Crippen molar-refractivity contribution in [2.75, 3.05) is 24.5 Å². The zero-order chi connectivity index (χ0) is 15.6. The third kappa shape index (κ3) is 4.33. The third-order valence-electron chi connectivity index (χ3n) is 3.28. The lowest BCUT2D eigenvalue weighted by atomic mass is 10.2. The Bertz CT molecular complexity index is 516. The van der Waals surface area contributed by atoms with E-state index in [2.05, 4.69) is 32.7 Å². The van der Waals surface area contributed by atoms with Crippen LogP contribution in [-0.4, -0.2) is 47.3 Å².